The second-order valence-electron chi connectivity index (χ2n) is 5.95. The molecule has 1 amide bonds. The number of carboxylic acids is 1. The lowest BCUT2D eigenvalue weighted by Crippen LogP contribution is -2.36. The van der Waals surface area contributed by atoms with Crippen molar-refractivity contribution in [2.75, 3.05) is 6.54 Å². The molecule has 5 heteroatoms. The Morgan fingerprint density at radius 1 is 1.44 bits per heavy atom. The standard InChI is InChI=1S/C11H15NO4/c1-10(2,3)16-9(15)12-4-5-6-7(12)11(5,6)8(13)14/h5-7H,4H2,1-3H3,(H,13,14)/t5-,6-,7?,11-/m1/s1. The Labute approximate surface area is 93.4 Å². The molecule has 0 aromatic heterocycles. The van der Waals surface area contributed by atoms with Crippen LogP contribution in [0.25, 0.3) is 0 Å². The van der Waals surface area contributed by atoms with Gasteiger partial charge in [0.15, 0.2) is 0 Å². The van der Waals surface area contributed by atoms with Gasteiger partial charge in [-0.15, -0.1) is 0 Å². The monoisotopic (exact) mass is 225 g/mol. The normalized spacial score (nSPS) is 42.7. The number of amides is 1. The van der Waals surface area contributed by atoms with E-state index < -0.39 is 17.0 Å². The Balaban J connectivity index is 1.69. The molecule has 4 rings (SSSR count). The van der Waals surface area contributed by atoms with Crippen LogP contribution < -0.4 is 0 Å². The van der Waals surface area contributed by atoms with Crippen molar-refractivity contribution in [2.24, 2.45) is 17.3 Å². The van der Waals surface area contributed by atoms with Crippen molar-refractivity contribution in [1.29, 1.82) is 0 Å². The second kappa shape index (κ2) is 2.36. The van der Waals surface area contributed by atoms with Crippen molar-refractivity contribution in [1.82, 2.24) is 4.90 Å². The molecule has 0 spiro atoms. The first-order valence-electron chi connectivity index (χ1n) is 5.53. The number of hydrogen-bond acceptors (Lipinski definition) is 3. The predicted octanol–water partition coefficient (Wildman–Crippen LogP) is 0.936. The van der Waals surface area contributed by atoms with Crippen LogP contribution in [-0.2, 0) is 9.53 Å². The van der Waals surface area contributed by atoms with Gasteiger partial charge in [-0.1, -0.05) is 0 Å². The third-order valence-electron chi connectivity index (χ3n) is 3.94. The highest BCUT2D eigenvalue weighted by molar-refractivity contribution is 5.91. The predicted molar refractivity (Wildman–Crippen MR) is 53.8 cm³/mol. The van der Waals surface area contributed by atoms with E-state index in [0.717, 1.165) is 0 Å². The largest absolute Gasteiger partial charge is 0.481 e. The van der Waals surface area contributed by atoms with E-state index in [4.69, 9.17) is 9.84 Å². The Morgan fingerprint density at radius 2 is 2.06 bits per heavy atom. The van der Waals surface area contributed by atoms with E-state index in [0.29, 0.717) is 6.54 Å². The van der Waals surface area contributed by atoms with Crippen LogP contribution in [0.5, 0.6) is 0 Å². The number of piperidine rings is 1. The van der Waals surface area contributed by atoms with Crippen LogP contribution in [0.15, 0.2) is 0 Å². The van der Waals surface area contributed by atoms with Gasteiger partial charge in [0.1, 0.15) is 5.60 Å². The number of carboxylic acid groups (broad SMARTS) is 1. The molecule has 0 aromatic rings. The Morgan fingerprint density at radius 3 is 2.44 bits per heavy atom. The lowest BCUT2D eigenvalue weighted by molar-refractivity contribution is -0.141. The van der Waals surface area contributed by atoms with Crippen LogP contribution in [0.3, 0.4) is 0 Å². The van der Waals surface area contributed by atoms with E-state index >= 15 is 0 Å². The lowest BCUT2D eigenvalue weighted by Gasteiger charge is -2.24. The molecule has 4 fully saturated rings. The van der Waals surface area contributed by atoms with Crippen LogP contribution >= 0.6 is 0 Å². The van der Waals surface area contributed by atoms with E-state index in [1.165, 1.54) is 0 Å². The average Bonchev–Trinajstić information content (AvgIpc) is 2.82. The Kier molecular flexibility index (Phi) is 1.46. The second-order valence-corrected chi connectivity index (χ2v) is 5.95. The fourth-order valence-corrected chi connectivity index (χ4v) is 3.23. The van der Waals surface area contributed by atoms with Gasteiger partial charge in [0.25, 0.3) is 0 Å². The third kappa shape index (κ3) is 0.918. The Hall–Kier alpha value is -1.26. The summed E-state index contributed by atoms with van der Waals surface area (Å²) in [6.07, 6.45) is -0.370. The number of hydrogen-bond donors (Lipinski definition) is 1. The molecular weight excluding hydrogens is 210 g/mol. The van der Waals surface area contributed by atoms with E-state index in [9.17, 15) is 9.59 Å². The van der Waals surface area contributed by atoms with Gasteiger partial charge >= 0.3 is 12.1 Å². The quantitative estimate of drug-likeness (QED) is 0.721. The molecule has 0 aromatic carbocycles. The molecule has 2 saturated carbocycles. The molecule has 2 bridgehead atoms. The number of rotatable bonds is 1. The summed E-state index contributed by atoms with van der Waals surface area (Å²) in [4.78, 5) is 24.4. The molecule has 0 radical (unpaired) electrons. The smallest absolute Gasteiger partial charge is 0.410 e. The molecule has 4 aliphatic rings. The molecular formula is C11H15NO4. The lowest BCUT2D eigenvalue weighted by atomic mass is 10.1. The number of carbonyl (C=O) groups is 2. The zero-order valence-electron chi connectivity index (χ0n) is 9.56. The van der Waals surface area contributed by atoms with Gasteiger partial charge < -0.3 is 14.7 Å². The van der Waals surface area contributed by atoms with Gasteiger partial charge in [-0.2, -0.15) is 0 Å². The van der Waals surface area contributed by atoms with Crippen molar-refractivity contribution in [3.8, 4) is 0 Å². The summed E-state index contributed by atoms with van der Waals surface area (Å²) in [6, 6.07) is -0.0927. The number of ether oxygens (including phenoxy) is 1. The molecule has 5 nitrogen and oxygen atoms in total. The van der Waals surface area contributed by atoms with Crippen molar-refractivity contribution in [3.63, 3.8) is 0 Å². The summed E-state index contributed by atoms with van der Waals surface area (Å²) in [5.41, 5.74) is -1.10. The zero-order valence-corrected chi connectivity index (χ0v) is 9.56. The maximum Gasteiger partial charge on any atom is 0.410 e. The first kappa shape index (κ1) is 9.93. The maximum atomic E-state index is 11.8. The van der Waals surface area contributed by atoms with Crippen molar-refractivity contribution >= 4 is 12.1 Å². The summed E-state index contributed by atoms with van der Waals surface area (Å²) >= 11 is 0. The summed E-state index contributed by atoms with van der Waals surface area (Å²) < 4.78 is 5.25. The minimum absolute atomic E-state index is 0.0927. The minimum atomic E-state index is -0.751. The maximum absolute atomic E-state index is 11.8. The summed E-state index contributed by atoms with van der Waals surface area (Å²) in [5.74, 6) is -0.362. The van der Waals surface area contributed by atoms with Gasteiger partial charge in [0.05, 0.1) is 11.5 Å². The van der Waals surface area contributed by atoms with Crippen LogP contribution in [0, 0.1) is 17.3 Å². The number of carbonyl (C=O) groups excluding carboxylic acids is 1. The van der Waals surface area contributed by atoms with E-state index in [2.05, 4.69) is 0 Å². The number of aliphatic carboxylic acids is 1. The first-order chi connectivity index (χ1) is 7.30. The zero-order chi connectivity index (χ0) is 11.9. The Bertz CT molecular complexity index is 393. The molecule has 88 valence electrons. The van der Waals surface area contributed by atoms with Crippen LogP contribution in [0.4, 0.5) is 4.79 Å². The van der Waals surface area contributed by atoms with Gasteiger partial charge in [0.2, 0.25) is 0 Å². The van der Waals surface area contributed by atoms with Crippen molar-refractivity contribution < 1.29 is 19.4 Å². The molecule has 4 atom stereocenters. The van der Waals surface area contributed by atoms with Crippen molar-refractivity contribution in [2.45, 2.75) is 32.4 Å². The average molecular weight is 225 g/mol. The SMILES string of the molecule is CC(C)(C)OC(=O)N1C[C@@H]2[C@@H]3C1[C@@]23C(=O)O. The molecule has 2 saturated heterocycles. The van der Waals surface area contributed by atoms with E-state index in [1.54, 1.807) is 4.90 Å². The molecule has 2 heterocycles. The minimum Gasteiger partial charge on any atom is -0.481 e. The van der Waals surface area contributed by atoms with Crippen LogP contribution in [-0.4, -0.2) is 40.3 Å². The summed E-state index contributed by atoms with van der Waals surface area (Å²) in [7, 11) is 0. The molecule has 2 aliphatic heterocycles. The highest BCUT2D eigenvalue weighted by Crippen LogP contribution is 2.85. The van der Waals surface area contributed by atoms with Crippen LogP contribution in [0.1, 0.15) is 20.8 Å². The summed E-state index contributed by atoms with van der Waals surface area (Å²) in [6.45, 7) is 5.98. The highest BCUT2D eigenvalue weighted by Gasteiger charge is 2.97. The van der Waals surface area contributed by atoms with Gasteiger partial charge in [-0.3, -0.25) is 4.79 Å². The highest BCUT2D eigenvalue weighted by atomic mass is 16.6. The van der Waals surface area contributed by atoms with Gasteiger partial charge in [-0.25, -0.2) is 4.79 Å². The number of nitrogens with zero attached hydrogens (tertiary/aromatic N) is 1. The molecule has 2 aliphatic carbocycles. The van der Waals surface area contributed by atoms with Gasteiger partial charge in [-0.05, 0) is 20.8 Å². The molecule has 1 N–H and O–H groups in total. The van der Waals surface area contributed by atoms with Gasteiger partial charge in [0, 0.05) is 18.4 Å². The fourth-order valence-electron chi connectivity index (χ4n) is 3.23. The van der Waals surface area contributed by atoms with Crippen molar-refractivity contribution in [3.05, 3.63) is 0 Å². The van der Waals surface area contributed by atoms with Crippen LogP contribution in [0.2, 0.25) is 0 Å². The van der Waals surface area contributed by atoms with E-state index in [-0.39, 0.29) is 24.0 Å². The molecule has 16 heavy (non-hydrogen) atoms. The fraction of sp³-hybridized carbons (Fsp3) is 0.818. The summed E-state index contributed by atoms with van der Waals surface area (Å²) in [5, 5.41) is 9.09. The third-order valence-corrected chi connectivity index (χ3v) is 3.94. The first-order valence-corrected chi connectivity index (χ1v) is 5.53. The molecule has 1 unspecified atom stereocenters. The van der Waals surface area contributed by atoms with E-state index in [1.807, 2.05) is 20.8 Å². The number of fused-ring (bicyclic) bond motifs is 1. The topological polar surface area (TPSA) is 66.8 Å².